The smallest absolute Gasteiger partial charge is 0.257 e. The van der Waals surface area contributed by atoms with Gasteiger partial charge < -0.3 is 14.6 Å². The van der Waals surface area contributed by atoms with E-state index < -0.39 is 12.4 Å². The number of carbonyl (C=O) groups is 1. The van der Waals surface area contributed by atoms with Gasteiger partial charge in [0.15, 0.2) is 0 Å². The first kappa shape index (κ1) is 14.8. The summed E-state index contributed by atoms with van der Waals surface area (Å²) in [6.07, 6.45) is 0. The fourth-order valence-electron chi connectivity index (χ4n) is 1.84. The average molecular weight is 252 g/mol. The monoisotopic (exact) mass is 252 g/mol. The number of rotatable bonds is 7. The lowest BCUT2D eigenvalue weighted by molar-refractivity contribution is -0.215. The van der Waals surface area contributed by atoms with Gasteiger partial charge in [-0.2, -0.15) is 0 Å². The molecule has 1 N–H and O–H groups in total. The molecule has 0 aliphatic rings. The molecule has 100 valence electrons. The van der Waals surface area contributed by atoms with Gasteiger partial charge in [-0.25, -0.2) is 0 Å². The van der Waals surface area contributed by atoms with Crippen molar-refractivity contribution in [1.82, 2.24) is 0 Å². The minimum absolute atomic E-state index is 0.290. The third-order valence-corrected chi connectivity index (χ3v) is 2.70. The SMILES string of the molecule is CCOC(CO)(OCC)C(=O)c1ccccc1C. The summed E-state index contributed by atoms with van der Waals surface area (Å²) in [5.74, 6) is -1.93. The summed E-state index contributed by atoms with van der Waals surface area (Å²) in [4.78, 5) is 12.5. The summed E-state index contributed by atoms with van der Waals surface area (Å²) in [7, 11) is 0. The molecule has 1 aromatic rings. The van der Waals surface area contributed by atoms with Gasteiger partial charge in [-0.1, -0.05) is 24.3 Å². The Hall–Kier alpha value is -1.23. The van der Waals surface area contributed by atoms with E-state index in [1.54, 1.807) is 26.0 Å². The van der Waals surface area contributed by atoms with E-state index in [1.807, 2.05) is 19.1 Å². The fourth-order valence-corrected chi connectivity index (χ4v) is 1.84. The second-order valence-electron chi connectivity index (χ2n) is 3.92. The lowest BCUT2D eigenvalue weighted by Crippen LogP contribution is -2.48. The van der Waals surface area contributed by atoms with Gasteiger partial charge in [0.05, 0.1) is 0 Å². The Morgan fingerprint density at radius 2 is 1.78 bits per heavy atom. The van der Waals surface area contributed by atoms with Crippen molar-refractivity contribution >= 4 is 5.78 Å². The number of hydrogen-bond acceptors (Lipinski definition) is 4. The minimum Gasteiger partial charge on any atom is -0.390 e. The van der Waals surface area contributed by atoms with Gasteiger partial charge in [-0.3, -0.25) is 4.79 Å². The molecular weight excluding hydrogens is 232 g/mol. The average Bonchev–Trinajstić information content (AvgIpc) is 2.38. The highest BCUT2D eigenvalue weighted by Crippen LogP contribution is 2.22. The Morgan fingerprint density at radius 3 is 2.22 bits per heavy atom. The van der Waals surface area contributed by atoms with Gasteiger partial charge in [0.1, 0.15) is 6.61 Å². The highest BCUT2D eigenvalue weighted by Gasteiger charge is 2.40. The number of ether oxygens (including phenoxy) is 2. The molecule has 0 heterocycles. The second kappa shape index (κ2) is 6.64. The van der Waals surface area contributed by atoms with Crippen LogP contribution in [-0.2, 0) is 9.47 Å². The molecule has 0 aromatic heterocycles. The lowest BCUT2D eigenvalue weighted by Gasteiger charge is -2.30. The van der Waals surface area contributed by atoms with Crippen LogP contribution in [0.15, 0.2) is 24.3 Å². The molecule has 0 amide bonds. The Kier molecular flexibility index (Phi) is 5.47. The maximum atomic E-state index is 12.5. The molecule has 0 fully saturated rings. The van der Waals surface area contributed by atoms with E-state index in [-0.39, 0.29) is 19.0 Å². The topological polar surface area (TPSA) is 55.8 Å². The van der Waals surface area contributed by atoms with E-state index in [4.69, 9.17) is 9.47 Å². The maximum Gasteiger partial charge on any atom is 0.257 e. The quantitative estimate of drug-likeness (QED) is 0.595. The highest BCUT2D eigenvalue weighted by molar-refractivity contribution is 6.02. The van der Waals surface area contributed by atoms with Gasteiger partial charge in [0.2, 0.25) is 5.78 Å². The van der Waals surface area contributed by atoms with E-state index in [9.17, 15) is 9.90 Å². The highest BCUT2D eigenvalue weighted by atomic mass is 16.7. The Morgan fingerprint density at radius 1 is 1.22 bits per heavy atom. The molecule has 4 heteroatoms. The Balaban J connectivity index is 3.13. The minimum atomic E-state index is -1.59. The third-order valence-electron chi connectivity index (χ3n) is 2.70. The third kappa shape index (κ3) is 2.96. The van der Waals surface area contributed by atoms with E-state index in [0.29, 0.717) is 5.56 Å². The van der Waals surface area contributed by atoms with Crippen LogP contribution in [0.5, 0.6) is 0 Å². The second-order valence-corrected chi connectivity index (χ2v) is 3.92. The number of aliphatic hydroxyl groups excluding tert-OH is 1. The van der Waals surface area contributed by atoms with Crippen molar-refractivity contribution in [3.63, 3.8) is 0 Å². The van der Waals surface area contributed by atoms with E-state index >= 15 is 0 Å². The van der Waals surface area contributed by atoms with Crippen LogP contribution in [0, 0.1) is 6.92 Å². The number of carbonyl (C=O) groups excluding carboxylic acids is 1. The van der Waals surface area contributed by atoms with E-state index in [2.05, 4.69) is 0 Å². The van der Waals surface area contributed by atoms with Gasteiger partial charge in [0, 0.05) is 18.8 Å². The molecule has 1 aromatic carbocycles. The zero-order chi connectivity index (χ0) is 13.6. The lowest BCUT2D eigenvalue weighted by atomic mass is 9.99. The van der Waals surface area contributed by atoms with Gasteiger partial charge in [-0.15, -0.1) is 0 Å². The number of Topliss-reactive ketones (excluding diaryl/α,β-unsaturated/α-hetero) is 1. The predicted molar refractivity (Wildman–Crippen MR) is 68.6 cm³/mol. The first-order valence-electron chi connectivity index (χ1n) is 6.10. The first-order valence-corrected chi connectivity index (χ1v) is 6.10. The molecule has 0 aliphatic heterocycles. The molecule has 18 heavy (non-hydrogen) atoms. The number of hydrogen-bond donors (Lipinski definition) is 1. The van der Waals surface area contributed by atoms with Crippen LogP contribution in [0.1, 0.15) is 29.8 Å². The first-order chi connectivity index (χ1) is 8.61. The fraction of sp³-hybridized carbons (Fsp3) is 0.500. The number of aryl methyl sites for hydroxylation is 1. The molecular formula is C14H20O4. The van der Waals surface area contributed by atoms with Crippen LogP contribution in [-0.4, -0.2) is 36.5 Å². The Labute approximate surface area is 108 Å². The molecule has 0 saturated carbocycles. The molecule has 0 aliphatic carbocycles. The molecule has 0 saturated heterocycles. The normalized spacial score (nSPS) is 11.6. The van der Waals surface area contributed by atoms with Crippen LogP contribution >= 0.6 is 0 Å². The summed E-state index contributed by atoms with van der Waals surface area (Å²) in [6, 6.07) is 7.18. The van der Waals surface area contributed by atoms with E-state index in [0.717, 1.165) is 5.56 Å². The van der Waals surface area contributed by atoms with Crippen molar-refractivity contribution in [2.75, 3.05) is 19.8 Å². The molecule has 0 unspecified atom stereocenters. The number of aliphatic hydroxyl groups is 1. The van der Waals surface area contributed by atoms with Crippen LogP contribution < -0.4 is 0 Å². The Bertz CT molecular complexity index is 395. The van der Waals surface area contributed by atoms with Crippen molar-refractivity contribution in [1.29, 1.82) is 0 Å². The molecule has 0 atom stereocenters. The maximum absolute atomic E-state index is 12.5. The van der Waals surface area contributed by atoms with E-state index in [1.165, 1.54) is 0 Å². The van der Waals surface area contributed by atoms with Crippen molar-refractivity contribution in [3.05, 3.63) is 35.4 Å². The van der Waals surface area contributed by atoms with Crippen LogP contribution in [0.2, 0.25) is 0 Å². The number of benzene rings is 1. The molecule has 1 rings (SSSR count). The van der Waals surface area contributed by atoms with Crippen molar-refractivity contribution in [3.8, 4) is 0 Å². The van der Waals surface area contributed by atoms with Crippen LogP contribution in [0.25, 0.3) is 0 Å². The van der Waals surface area contributed by atoms with Gasteiger partial charge in [-0.05, 0) is 26.3 Å². The summed E-state index contributed by atoms with van der Waals surface area (Å²) >= 11 is 0. The molecule has 0 radical (unpaired) electrons. The summed E-state index contributed by atoms with van der Waals surface area (Å²) in [6.45, 7) is 5.44. The molecule has 0 spiro atoms. The predicted octanol–water partition coefficient (Wildman–Crippen LogP) is 1.94. The zero-order valence-corrected chi connectivity index (χ0v) is 11.1. The van der Waals surface area contributed by atoms with Crippen molar-refractivity contribution < 1.29 is 19.4 Å². The summed E-state index contributed by atoms with van der Waals surface area (Å²) in [5.41, 5.74) is 1.34. The summed E-state index contributed by atoms with van der Waals surface area (Å²) in [5, 5.41) is 9.49. The largest absolute Gasteiger partial charge is 0.390 e. The van der Waals surface area contributed by atoms with Gasteiger partial charge >= 0.3 is 0 Å². The zero-order valence-electron chi connectivity index (χ0n) is 11.1. The van der Waals surface area contributed by atoms with Crippen molar-refractivity contribution in [2.45, 2.75) is 26.6 Å². The number of ketones is 1. The van der Waals surface area contributed by atoms with Crippen LogP contribution in [0.3, 0.4) is 0 Å². The molecule has 4 nitrogen and oxygen atoms in total. The summed E-state index contributed by atoms with van der Waals surface area (Å²) < 4.78 is 10.7. The van der Waals surface area contributed by atoms with Crippen molar-refractivity contribution in [2.24, 2.45) is 0 Å². The molecule has 0 bridgehead atoms. The van der Waals surface area contributed by atoms with Gasteiger partial charge in [0.25, 0.3) is 5.79 Å². The van der Waals surface area contributed by atoms with Crippen LogP contribution in [0.4, 0.5) is 0 Å². The standard InChI is InChI=1S/C14H20O4/c1-4-17-14(10-15,18-5-2)13(16)12-9-7-6-8-11(12)3/h6-9,15H,4-5,10H2,1-3H3.